The second kappa shape index (κ2) is 3.16. The first-order chi connectivity index (χ1) is 5.90. The van der Waals surface area contributed by atoms with Gasteiger partial charge >= 0.3 is 0 Å². The third-order valence-electron chi connectivity index (χ3n) is 1.64. The van der Waals surface area contributed by atoms with Gasteiger partial charge in [-0.1, -0.05) is 12.1 Å². The number of para-hydroxylation sites is 2. The van der Waals surface area contributed by atoms with Crippen LogP contribution in [-0.2, 0) is 10.8 Å². The van der Waals surface area contributed by atoms with Crippen LogP contribution >= 0.6 is 12.9 Å². The number of thiol groups is 1. The Morgan fingerprint density at radius 2 is 2.25 bits per heavy atom. The SMILES string of the molecule is SOCc1nc2ccccc2[nH]1. The summed E-state index contributed by atoms with van der Waals surface area (Å²) in [5, 5.41) is 0. The van der Waals surface area contributed by atoms with Crippen LogP contribution in [0.3, 0.4) is 0 Å². The van der Waals surface area contributed by atoms with Crippen LogP contribution in [0.2, 0.25) is 0 Å². The lowest BCUT2D eigenvalue weighted by molar-refractivity contribution is 0.360. The number of imidazole rings is 1. The fourth-order valence-electron chi connectivity index (χ4n) is 1.14. The minimum Gasteiger partial charge on any atom is -0.340 e. The maximum Gasteiger partial charge on any atom is 0.134 e. The van der Waals surface area contributed by atoms with Gasteiger partial charge in [0, 0.05) is 0 Å². The molecule has 1 N–H and O–H groups in total. The van der Waals surface area contributed by atoms with Gasteiger partial charge in [0.25, 0.3) is 0 Å². The van der Waals surface area contributed by atoms with Gasteiger partial charge in [0.05, 0.1) is 11.0 Å². The Bertz CT molecular complexity index is 352. The van der Waals surface area contributed by atoms with Crippen molar-refractivity contribution in [3.63, 3.8) is 0 Å². The Kier molecular flexibility index (Phi) is 2.01. The van der Waals surface area contributed by atoms with Crippen molar-refractivity contribution < 1.29 is 4.18 Å². The normalized spacial score (nSPS) is 10.8. The minimum absolute atomic E-state index is 0.401. The van der Waals surface area contributed by atoms with Crippen molar-refractivity contribution in [3.05, 3.63) is 30.1 Å². The van der Waals surface area contributed by atoms with Gasteiger partial charge in [0.1, 0.15) is 12.4 Å². The summed E-state index contributed by atoms with van der Waals surface area (Å²) in [6.07, 6.45) is 0. The number of hydrogen-bond donors (Lipinski definition) is 2. The van der Waals surface area contributed by atoms with E-state index in [2.05, 4.69) is 27.1 Å². The monoisotopic (exact) mass is 180 g/mol. The number of hydrogen-bond acceptors (Lipinski definition) is 3. The number of fused-ring (bicyclic) bond motifs is 1. The van der Waals surface area contributed by atoms with E-state index in [1.807, 2.05) is 24.3 Å². The van der Waals surface area contributed by atoms with E-state index in [-0.39, 0.29) is 0 Å². The first-order valence-corrected chi connectivity index (χ1v) is 3.96. The van der Waals surface area contributed by atoms with Crippen molar-refractivity contribution in [1.82, 2.24) is 9.97 Å². The molecule has 4 heteroatoms. The molecule has 0 fully saturated rings. The topological polar surface area (TPSA) is 37.9 Å². The molecule has 3 nitrogen and oxygen atoms in total. The predicted molar refractivity (Wildman–Crippen MR) is 49.9 cm³/mol. The summed E-state index contributed by atoms with van der Waals surface area (Å²) in [6.45, 7) is 0.401. The van der Waals surface area contributed by atoms with Gasteiger partial charge in [-0.05, 0) is 25.0 Å². The van der Waals surface area contributed by atoms with Crippen LogP contribution in [0.15, 0.2) is 24.3 Å². The number of H-pyrrole nitrogens is 1. The molecular weight excluding hydrogens is 172 g/mol. The van der Waals surface area contributed by atoms with E-state index in [4.69, 9.17) is 0 Å². The maximum atomic E-state index is 4.66. The van der Waals surface area contributed by atoms with Crippen molar-refractivity contribution in [1.29, 1.82) is 0 Å². The van der Waals surface area contributed by atoms with Gasteiger partial charge in [-0.2, -0.15) is 0 Å². The third-order valence-corrected chi connectivity index (χ3v) is 1.77. The first kappa shape index (κ1) is 7.64. The number of nitrogens with zero attached hydrogens (tertiary/aromatic N) is 1. The number of rotatable bonds is 2. The van der Waals surface area contributed by atoms with Crippen molar-refractivity contribution in [2.45, 2.75) is 6.61 Å². The van der Waals surface area contributed by atoms with Gasteiger partial charge in [-0.25, -0.2) is 4.98 Å². The number of benzene rings is 1. The van der Waals surface area contributed by atoms with E-state index in [1.54, 1.807) is 0 Å². The molecule has 2 rings (SSSR count). The van der Waals surface area contributed by atoms with Gasteiger partial charge in [-0.3, -0.25) is 0 Å². The molecule has 1 aromatic heterocycles. The van der Waals surface area contributed by atoms with Crippen LogP contribution in [0.25, 0.3) is 11.0 Å². The molecule has 0 amide bonds. The molecule has 1 heterocycles. The molecule has 2 aromatic rings. The second-order valence-corrected chi connectivity index (χ2v) is 2.73. The summed E-state index contributed by atoms with van der Waals surface area (Å²) < 4.78 is 4.66. The summed E-state index contributed by atoms with van der Waals surface area (Å²) in [4.78, 5) is 7.38. The quantitative estimate of drug-likeness (QED) is 0.547. The highest BCUT2D eigenvalue weighted by Gasteiger charge is 1.99. The predicted octanol–water partition coefficient (Wildman–Crippen LogP) is 1.92. The first-order valence-electron chi connectivity index (χ1n) is 3.60. The Labute approximate surface area is 75.4 Å². The average Bonchev–Trinajstić information content (AvgIpc) is 2.47. The van der Waals surface area contributed by atoms with Crippen molar-refractivity contribution in [2.75, 3.05) is 0 Å². The fraction of sp³-hybridized carbons (Fsp3) is 0.125. The molecule has 0 bridgehead atoms. The van der Waals surface area contributed by atoms with Gasteiger partial charge in [-0.15, -0.1) is 0 Å². The lowest BCUT2D eigenvalue weighted by atomic mass is 10.3. The van der Waals surface area contributed by atoms with E-state index in [9.17, 15) is 0 Å². The molecule has 0 aliphatic rings. The fourth-order valence-corrected chi connectivity index (χ4v) is 1.26. The molecule has 0 aliphatic carbocycles. The highest BCUT2D eigenvalue weighted by atomic mass is 32.1. The van der Waals surface area contributed by atoms with Crippen LogP contribution in [0.5, 0.6) is 0 Å². The Hall–Kier alpha value is -1.00. The van der Waals surface area contributed by atoms with Gasteiger partial charge in [0.2, 0.25) is 0 Å². The smallest absolute Gasteiger partial charge is 0.134 e. The molecule has 0 unspecified atom stereocenters. The van der Waals surface area contributed by atoms with Crippen LogP contribution in [-0.4, -0.2) is 9.97 Å². The largest absolute Gasteiger partial charge is 0.340 e. The number of aromatic nitrogens is 2. The Morgan fingerprint density at radius 3 is 3.00 bits per heavy atom. The lowest BCUT2D eigenvalue weighted by Gasteiger charge is -1.87. The number of aromatic amines is 1. The van der Waals surface area contributed by atoms with E-state index in [1.165, 1.54) is 0 Å². The zero-order valence-corrected chi connectivity index (χ0v) is 7.21. The molecular formula is C8H8N2OS. The van der Waals surface area contributed by atoms with E-state index in [0.29, 0.717) is 6.61 Å². The van der Waals surface area contributed by atoms with Crippen LogP contribution in [0.1, 0.15) is 5.82 Å². The zero-order chi connectivity index (χ0) is 8.39. The van der Waals surface area contributed by atoms with Gasteiger partial charge < -0.3 is 9.17 Å². The molecule has 0 radical (unpaired) electrons. The zero-order valence-electron chi connectivity index (χ0n) is 6.32. The molecule has 1 aromatic carbocycles. The van der Waals surface area contributed by atoms with Crippen molar-refractivity contribution in [3.8, 4) is 0 Å². The summed E-state index contributed by atoms with van der Waals surface area (Å²) in [5.74, 6) is 0.797. The molecule has 12 heavy (non-hydrogen) atoms. The maximum absolute atomic E-state index is 4.66. The number of nitrogens with one attached hydrogen (secondary N) is 1. The van der Waals surface area contributed by atoms with E-state index < -0.39 is 0 Å². The molecule has 62 valence electrons. The molecule has 0 saturated carbocycles. The molecule has 0 atom stereocenters. The van der Waals surface area contributed by atoms with E-state index in [0.717, 1.165) is 16.9 Å². The highest BCUT2D eigenvalue weighted by molar-refractivity contribution is 7.75. The summed E-state index contributed by atoms with van der Waals surface area (Å²) in [7, 11) is 0. The second-order valence-electron chi connectivity index (χ2n) is 2.47. The van der Waals surface area contributed by atoms with Gasteiger partial charge in [0.15, 0.2) is 0 Å². The average molecular weight is 180 g/mol. The minimum atomic E-state index is 0.401. The summed E-state index contributed by atoms with van der Waals surface area (Å²) >= 11 is 3.65. The Morgan fingerprint density at radius 1 is 1.42 bits per heavy atom. The van der Waals surface area contributed by atoms with Crippen LogP contribution < -0.4 is 0 Å². The molecule has 0 aliphatic heterocycles. The molecule has 0 saturated heterocycles. The molecule has 0 spiro atoms. The van der Waals surface area contributed by atoms with Crippen LogP contribution in [0.4, 0.5) is 0 Å². The highest BCUT2D eigenvalue weighted by Crippen LogP contribution is 2.10. The summed E-state index contributed by atoms with van der Waals surface area (Å²) in [6, 6.07) is 7.85. The van der Waals surface area contributed by atoms with Crippen molar-refractivity contribution >= 4 is 23.9 Å². The summed E-state index contributed by atoms with van der Waals surface area (Å²) in [5.41, 5.74) is 1.98. The third kappa shape index (κ3) is 1.31. The van der Waals surface area contributed by atoms with Crippen LogP contribution in [0, 0.1) is 0 Å². The lowest BCUT2D eigenvalue weighted by Crippen LogP contribution is -1.85. The van der Waals surface area contributed by atoms with Crippen molar-refractivity contribution in [2.24, 2.45) is 0 Å². The standard InChI is InChI=1S/C8H8N2OS/c12-11-5-8-9-6-3-1-2-4-7(6)10-8/h1-4,12H,5H2,(H,9,10). The Balaban J connectivity index is 2.47. The van der Waals surface area contributed by atoms with E-state index >= 15 is 0 Å².